The third-order valence-corrected chi connectivity index (χ3v) is 2.31. The van der Waals surface area contributed by atoms with Crippen molar-refractivity contribution < 1.29 is 28.5 Å². The average Bonchev–Trinajstić information content (AvgIpc) is 2.51. The maximum atomic E-state index is 13.2. The molecule has 0 aliphatic carbocycles. The summed E-state index contributed by atoms with van der Waals surface area (Å²) in [5, 5.41) is 21.6. The van der Waals surface area contributed by atoms with E-state index >= 15 is 0 Å². The first-order valence-corrected chi connectivity index (χ1v) is 4.60. The molecular weight excluding hydrogens is 238 g/mol. The molecular formula is C9H12F2N2O4. The van der Waals surface area contributed by atoms with Crippen LogP contribution in [0.15, 0.2) is 0 Å². The van der Waals surface area contributed by atoms with E-state index in [0.29, 0.717) is 0 Å². The van der Waals surface area contributed by atoms with Gasteiger partial charge in [-0.15, -0.1) is 0 Å². The van der Waals surface area contributed by atoms with E-state index in [-0.39, 0.29) is 17.1 Å². The van der Waals surface area contributed by atoms with Gasteiger partial charge in [-0.25, -0.2) is 9.48 Å². The van der Waals surface area contributed by atoms with Crippen molar-refractivity contribution in [1.29, 1.82) is 0 Å². The van der Waals surface area contributed by atoms with Gasteiger partial charge in [0.05, 0.1) is 18.4 Å². The van der Waals surface area contributed by atoms with Crippen LogP contribution >= 0.6 is 0 Å². The zero-order chi connectivity index (χ0) is 13.4. The number of ether oxygens (including phenoxy) is 1. The predicted octanol–water partition coefficient (Wildman–Crippen LogP) is 0.490. The Hall–Kier alpha value is -1.70. The monoisotopic (exact) mass is 250 g/mol. The molecule has 0 aliphatic heterocycles. The van der Waals surface area contributed by atoms with Crippen LogP contribution in [0.25, 0.3) is 0 Å². The molecule has 17 heavy (non-hydrogen) atoms. The molecule has 8 heteroatoms. The molecule has 0 bridgehead atoms. The maximum Gasteiger partial charge on any atom is 0.377 e. The number of halogens is 2. The van der Waals surface area contributed by atoms with Gasteiger partial charge in [-0.05, 0) is 6.92 Å². The summed E-state index contributed by atoms with van der Waals surface area (Å²) in [6, 6.07) is 0. The number of rotatable bonds is 4. The lowest BCUT2D eigenvalue weighted by molar-refractivity contribution is -0.183. The molecule has 1 aromatic heterocycles. The van der Waals surface area contributed by atoms with E-state index < -0.39 is 18.0 Å². The second kappa shape index (κ2) is 4.28. The van der Waals surface area contributed by atoms with Crippen molar-refractivity contribution >= 4 is 5.97 Å². The Balaban J connectivity index is 3.29. The molecule has 0 fully saturated rings. The number of aryl methyl sites for hydroxylation is 2. The maximum absolute atomic E-state index is 13.2. The molecule has 1 unspecified atom stereocenters. The Morgan fingerprint density at radius 2 is 2.12 bits per heavy atom. The molecule has 96 valence electrons. The van der Waals surface area contributed by atoms with Crippen LogP contribution in [0.4, 0.5) is 8.78 Å². The van der Waals surface area contributed by atoms with Crippen LogP contribution in [0.3, 0.4) is 0 Å². The lowest BCUT2D eigenvalue weighted by Gasteiger charge is -2.18. The van der Waals surface area contributed by atoms with E-state index in [2.05, 4.69) is 5.10 Å². The number of aliphatic hydroxyl groups is 1. The molecule has 0 aliphatic rings. The third kappa shape index (κ3) is 2.07. The van der Waals surface area contributed by atoms with Crippen molar-refractivity contribution in [3.8, 4) is 5.88 Å². The highest BCUT2D eigenvalue weighted by Crippen LogP contribution is 2.37. The average molecular weight is 250 g/mol. The summed E-state index contributed by atoms with van der Waals surface area (Å²) in [6.07, 6.45) is -2.51. The van der Waals surface area contributed by atoms with Gasteiger partial charge in [0.25, 0.3) is 0 Å². The first kappa shape index (κ1) is 13.4. The number of methoxy groups -OCH3 is 1. The Morgan fingerprint density at radius 3 is 2.53 bits per heavy atom. The largest absolute Gasteiger partial charge is 0.481 e. The Kier molecular flexibility index (Phi) is 3.37. The number of nitrogens with zero attached hydrogens (tertiary/aromatic N) is 2. The number of aromatic nitrogens is 2. The van der Waals surface area contributed by atoms with E-state index in [9.17, 15) is 18.7 Å². The smallest absolute Gasteiger partial charge is 0.377 e. The molecule has 0 saturated carbocycles. The molecule has 0 aromatic carbocycles. The standard InChI is InChI=1S/C9H12F2N2O4/c1-4-5(7(17-3)13(2)12-4)6(14)9(10,11)8(15)16/h6,14H,1-3H3,(H,15,16). The Morgan fingerprint density at radius 1 is 1.59 bits per heavy atom. The minimum Gasteiger partial charge on any atom is -0.481 e. The summed E-state index contributed by atoms with van der Waals surface area (Å²) >= 11 is 0. The Labute approximate surface area is 95.4 Å². The fraction of sp³-hybridized carbons (Fsp3) is 0.556. The molecule has 0 amide bonds. The molecule has 6 nitrogen and oxygen atoms in total. The van der Waals surface area contributed by atoms with Gasteiger partial charge in [-0.1, -0.05) is 0 Å². The van der Waals surface area contributed by atoms with Gasteiger partial charge in [-0.3, -0.25) is 0 Å². The highest BCUT2D eigenvalue weighted by Gasteiger charge is 2.50. The van der Waals surface area contributed by atoms with Gasteiger partial charge in [0.15, 0.2) is 6.10 Å². The summed E-state index contributed by atoms with van der Waals surface area (Å²) in [7, 11) is 2.65. The van der Waals surface area contributed by atoms with E-state index in [1.807, 2.05) is 0 Å². The number of hydrogen-bond donors (Lipinski definition) is 2. The van der Waals surface area contributed by atoms with Crippen LogP contribution in [-0.2, 0) is 11.8 Å². The zero-order valence-corrected chi connectivity index (χ0v) is 9.44. The summed E-state index contributed by atoms with van der Waals surface area (Å²) in [4.78, 5) is 10.4. The SMILES string of the molecule is COc1c(C(O)C(F)(F)C(=O)O)c(C)nn1C. The number of aliphatic hydroxyl groups excluding tert-OH is 1. The van der Waals surface area contributed by atoms with Crippen molar-refractivity contribution in [3.63, 3.8) is 0 Å². The van der Waals surface area contributed by atoms with E-state index in [4.69, 9.17) is 9.84 Å². The molecule has 0 saturated heterocycles. The van der Waals surface area contributed by atoms with Crippen molar-refractivity contribution in [1.82, 2.24) is 9.78 Å². The van der Waals surface area contributed by atoms with Gasteiger partial charge < -0.3 is 14.9 Å². The fourth-order valence-corrected chi connectivity index (χ4v) is 1.51. The second-order valence-electron chi connectivity index (χ2n) is 3.46. The number of aliphatic carboxylic acids is 1. The van der Waals surface area contributed by atoms with E-state index in [1.165, 1.54) is 21.1 Å². The van der Waals surface area contributed by atoms with Crippen LogP contribution in [0, 0.1) is 6.92 Å². The number of carbonyl (C=O) groups is 1. The first-order valence-electron chi connectivity index (χ1n) is 4.60. The second-order valence-corrected chi connectivity index (χ2v) is 3.46. The molecule has 0 spiro atoms. The van der Waals surface area contributed by atoms with Gasteiger partial charge >= 0.3 is 11.9 Å². The zero-order valence-electron chi connectivity index (χ0n) is 9.44. The molecule has 1 aromatic rings. The molecule has 1 rings (SSSR count). The highest BCUT2D eigenvalue weighted by molar-refractivity contribution is 5.76. The summed E-state index contributed by atoms with van der Waals surface area (Å²) in [5.41, 5.74) is -0.250. The summed E-state index contributed by atoms with van der Waals surface area (Å²) in [5.74, 6) is -6.81. The highest BCUT2D eigenvalue weighted by atomic mass is 19.3. The van der Waals surface area contributed by atoms with Gasteiger partial charge in [0.2, 0.25) is 5.88 Å². The molecule has 2 N–H and O–H groups in total. The summed E-state index contributed by atoms with van der Waals surface area (Å²) < 4.78 is 32.3. The summed E-state index contributed by atoms with van der Waals surface area (Å²) in [6.45, 7) is 1.37. The van der Waals surface area contributed by atoms with Crippen LogP contribution in [0.2, 0.25) is 0 Å². The predicted molar refractivity (Wildman–Crippen MR) is 52.0 cm³/mol. The van der Waals surface area contributed by atoms with Crippen molar-refractivity contribution in [2.45, 2.75) is 19.0 Å². The minimum absolute atomic E-state index is 0.0813. The van der Waals surface area contributed by atoms with Gasteiger partial charge in [0, 0.05) is 7.05 Å². The quantitative estimate of drug-likeness (QED) is 0.812. The molecule has 1 heterocycles. The van der Waals surface area contributed by atoms with Gasteiger partial charge in [0.1, 0.15) is 0 Å². The van der Waals surface area contributed by atoms with Crippen LogP contribution in [-0.4, -0.2) is 39.0 Å². The Bertz CT molecular complexity index is 444. The van der Waals surface area contributed by atoms with Crippen LogP contribution in [0.1, 0.15) is 17.4 Å². The minimum atomic E-state index is -4.30. The van der Waals surface area contributed by atoms with E-state index in [0.717, 1.165) is 4.68 Å². The molecule has 0 radical (unpaired) electrons. The number of carboxylic acid groups (broad SMARTS) is 1. The number of hydrogen-bond acceptors (Lipinski definition) is 4. The molecule has 1 atom stereocenters. The lowest BCUT2D eigenvalue weighted by Crippen LogP contribution is -2.35. The van der Waals surface area contributed by atoms with Crippen LogP contribution < -0.4 is 4.74 Å². The van der Waals surface area contributed by atoms with Crippen molar-refractivity contribution in [2.24, 2.45) is 7.05 Å². The first-order chi connectivity index (χ1) is 7.73. The number of alkyl halides is 2. The lowest BCUT2D eigenvalue weighted by atomic mass is 10.0. The van der Waals surface area contributed by atoms with Gasteiger partial charge in [-0.2, -0.15) is 13.9 Å². The topological polar surface area (TPSA) is 84.6 Å². The van der Waals surface area contributed by atoms with Crippen molar-refractivity contribution in [3.05, 3.63) is 11.3 Å². The normalized spacial score (nSPS) is 13.5. The van der Waals surface area contributed by atoms with E-state index in [1.54, 1.807) is 0 Å². The van der Waals surface area contributed by atoms with Crippen LogP contribution in [0.5, 0.6) is 5.88 Å². The van der Waals surface area contributed by atoms with Crippen molar-refractivity contribution in [2.75, 3.05) is 7.11 Å². The third-order valence-electron chi connectivity index (χ3n) is 2.31. The number of carboxylic acids is 1. The fourth-order valence-electron chi connectivity index (χ4n) is 1.51.